The standard InChI is InChI=1S/C19H28N4O2/c1-4-5-19(25)21-17-8-6-16(7-9-17)12-20-13-18-14(2)22-23(10-11-24)15(18)3/h6-9,20,24H,4-5,10-13H2,1-3H3,(H,21,25). The lowest BCUT2D eigenvalue weighted by Crippen LogP contribution is -2.14. The molecule has 136 valence electrons. The highest BCUT2D eigenvalue weighted by Gasteiger charge is 2.10. The van der Waals surface area contributed by atoms with E-state index in [1.165, 1.54) is 5.56 Å². The molecule has 1 amide bonds. The number of aliphatic hydroxyl groups excluding tert-OH is 1. The highest BCUT2D eigenvalue weighted by atomic mass is 16.3. The number of aryl methyl sites for hydroxylation is 1. The zero-order valence-corrected chi connectivity index (χ0v) is 15.3. The number of hydrogen-bond acceptors (Lipinski definition) is 4. The highest BCUT2D eigenvalue weighted by molar-refractivity contribution is 5.90. The third-order valence-corrected chi connectivity index (χ3v) is 4.19. The molecule has 0 spiro atoms. The molecule has 0 atom stereocenters. The molecule has 0 saturated heterocycles. The lowest BCUT2D eigenvalue weighted by Gasteiger charge is -2.08. The summed E-state index contributed by atoms with van der Waals surface area (Å²) in [6.45, 7) is 8.11. The smallest absolute Gasteiger partial charge is 0.224 e. The molecule has 6 heteroatoms. The zero-order valence-electron chi connectivity index (χ0n) is 15.3. The van der Waals surface area contributed by atoms with Crippen LogP contribution in [0.5, 0.6) is 0 Å². The fourth-order valence-electron chi connectivity index (χ4n) is 2.79. The molecule has 0 aliphatic carbocycles. The van der Waals surface area contributed by atoms with E-state index in [9.17, 15) is 4.79 Å². The number of hydrogen-bond donors (Lipinski definition) is 3. The Hall–Kier alpha value is -2.18. The molecule has 1 aromatic carbocycles. The van der Waals surface area contributed by atoms with E-state index >= 15 is 0 Å². The molecular formula is C19H28N4O2. The maximum atomic E-state index is 11.6. The minimum absolute atomic E-state index is 0.0548. The van der Waals surface area contributed by atoms with Crippen LogP contribution in [-0.2, 0) is 24.4 Å². The number of aliphatic hydroxyl groups is 1. The van der Waals surface area contributed by atoms with Gasteiger partial charge >= 0.3 is 0 Å². The number of anilines is 1. The molecular weight excluding hydrogens is 316 g/mol. The molecule has 6 nitrogen and oxygen atoms in total. The van der Waals surface area contributed by atoms with Gasteiger partial charge in [-0.3, -0.25) is 9.48 Å². The molecule has 0 bridgehead atoms. The predicted molar refractivity (Wildman–Crippen MR) is 99.3 cm³/mol. The van der Waals surface area contributed by atoms with Crippen molar-refractivity contribution in [3.8, 4) is 0 Å². The number of benzene rings is 1. The maximum absolute atomic E-state index is 11.6. The van der Waals surface area contributed by atoms with Crippen LogP contribution in [0, 0.1) is 13.8 Å². The average Bonchev–Trinajstić information content (AvgIpc) is 2.84. The SMILES string of the molecule is CCCC(=O)Nc1ccc(CNCc2c(C)nn(CCO)c2C)cc1. The molecule has 2 rings (SSSR count). The average molecular weight is 344 g/mol. The van der Waals surface area contributed by atoms with Gasteiger partial charge in [0.25, 0.3) is 0 Å². The van der Waals surface area contributed by atoms with Gasteiger partial charge in [0.2, 0.25) is 5.91 Å². The van der Waals surface area contributed by atoms with Crippen LogP contribution in [0.2, 0.25) is 0 Å². The van der Waals surface area contributed by atoms with Crippen molar-refractivity contribution in [1.29, 1.82) is 0 Å². The summed E-state index contributed by atoms with van der Waals surface area (Å²) in [5.41, 5.74) is 5.25. The van der Waals surface area contributed by atoms with E-state index in [1.54, 1.807) is 0 Å². The molecule has 0 aliphatic heterocycles. The summed E-state index contributed by atoms with van der Waals surface area (Å²) < 4.78 is 1.85. The second kappa shape index (κ2) is 9.34. The van der Waals surface area contributed by atoms with Crippen molar-refractivity contribution < 1.29 is 9.90 Å². The van der Waals surface area contributed by atoms with Gasteiger partial charge in [-0.05, 0) is 38.0 Å². The summed E-state index contributed by atoms with van der Waals surface area (Å²) in [6, 6.07) is 7.90. The third kappa shape index (κ3) is 5.41. The van der Waals surface area contributed by atoms with Crippen molar-refractivity contribution in [3.63, 3.8) is 0 Å². The number of amides is 1. The van der Waals surface area contributed by atoms with Crippen molar-refractivity contribution in [3.05, 3.63) is 46.8 Å². The van der Waals surface area contributed by atoms with Crippen molar-refractivity contribution in [1.82, 2.24) is 15.1 Å². The van der Waals surface area contributed by atoms with Gasteiger partial charge in [0.15, 0.2) is 0 Å². The van der Waals surface area contributed by atoms with E-state index < -0.39 is 0 Å². The lowest BCUT2D eigenvalue weighted by atomic mass is 10.1. The quantitative estimate of drug-likeness (QED) is 0.653. The number of carbonyl (C=O) groups is 1. The Balaban J connectivity index is 1.87. The summed E-state index contributed by atoms with van der Waals surface area (Å²) in [5, 5.41) is 19.9. The topological polar surface area (TPSA) is 79.2 Å². The fraction of sp³-hybridized carbons (Fsp3) is 0.474. The van der Waals surface area contributed by atoms with Gasteiger partial charge in [0.05, 0.1) is 18.8 Å². The molecule has 25 heavy (non-hydrogen) atoms. The van der Waals surface area contributed by atoms with Gasteiger partial charge in [-0.1, -0.05) is 19.1 Å². The summed E-state index contributed by atoms with van der Waals surface area (Å²) in [5.74, 6) is 0.0548. The summed E-state index contributed by atoms with van der Waals surface area (Å²) >= 11 is 0. The van der Waals surface area contributed by atoms with Crippen LogP contribution in [-0.4, -0.2) is 27.4 Å². The minimum atomic E-state index is 0.0548. The Bertz CT molecular complexity index is 692. The lowest BCUT2D eigenvalue weighted by molar-refractivity contribution is -0.116. The first-order chi connectivity index (χ1) is 12.0. The van der Waals surface area contributed by atoms with Crippen LogP contribution in [0.4, 0.5) is 5.69 Å². The van der Waals surface area contributed by atoms with Gasteiger partial charge in [-0.25, -0.2) is 0 Å². The monoisotopic (exact) mass is 344 g/mol. The first-order valence-corrected chi connectivity index (χ1v) is 8.78. The van der Waals surface area contributed by atoms with Gasteiger partial charge in [-0.15, -0.1) is 0 Å². The van der Waals surface area contributed by atoms with Crippen molar-refractivity contribution in [2.24, 2.45) is 0 Å². The van der Waals surface area contributed by atoms with Crippen LogP contribution < -0.4 is 10.6 Å². The molecule has 0 saturated carbocycles. The van der Waals surface area contributed by atoms with Crippen molar-refractivity contribution in [2.45, 2.75) is 53.2 Å². The van der Waals surface area contributed by atoms with Crippen molar-refractivity contribution >= 4 is 11.6 Å². The Kier molecular flexibility index (Phi) is 7.16. The third-order valence-electron chi connectivity index (χ3n) is 4.19. The second-order valence-electron chi connectivity index (χ2n) is 6.19. The Morgan fingerprint density at radius 2 is 1.92 bits per heavy atom. The van der Waals surface area contributed by atoms with Crippen LogP contribution in [0.3, 0.4) is 0 Å². The van der Waals surface area contributed by atoms with E-state index in [0.29, 0.717) is 13.0 Å². The maximum Gasteiger partial charge on any atom is 0.224 e. The second-order valence-corrected chi connectivity index (χ2v) is 6.19. The van der Waals surface area contributed by atoms with E-state index in [0.717, 1.165) is 42.1 Å². The van der Waals surface area contributed by atoms with Crippen LogP contribution >= 0.6 is 0 Å². The Morgan fingerprint density at radius 3 is 2.56 bits per heavy atom. The van der Waals surface area contributed by atoms with Crippen molar-refractivity contribution in [2.75, 3.05) is 11.9 Å². The van der Waals surface area contributed by atoms with E-state index in [4.69, 9.17) is 5.11 Å². The largest absolute Gasteiger partial charge is 0.394 e. The number of rotatable bonds is 9. The summed E-state index contributed by atoms with van der Waals surface area (Å²) in [7, 11) is 0. The van der Waals surface area contributed by atoms with Gasteiger partial charge in [0.1, 0.15) is 0 Å². The van der Waals surface area contributed by atoms with Crippen LogP contribution in [0.25, 0.3) is 0 Å². The van der Waals surface area contributed by atoms with Crippen LogP contribution in [0.1, 0.15) is 42.3 Å². The molecule has 1 aromatic heterocycles. The minimum Gasteiger partial charge on any atom is -0.394 e. The predicted octanol–water partition coefficient (Wildman–Crippen LogP) is 2.52. The molecule has 0 radical (unpaired) electrons. The number of nitrogens with one attached hydrogen (secondary N) is 2. The van der Waals surface area contributed by atoms with Gasteiger partial charge < -0.3 is 15.7 Å². The summed E-state index contributed by atoms with van der Waals surface area (Å²) in [6.07, 6.45) is 1.40. The van der Waals surface area contributed by atoms with Gasteiger partial charge in [-0.2, -0.15) is 5.10 Å². The van der Waals surface area contributed by atoms with E-state index in [1.807, 2.05) is 49.7 Å². The van der Waals surface area contributed by atoms with E-state index in [-0.39, 0.29) is 12.5 Å². The summed E-state index contributed by atoms with van der Waals surface area (Å²) in [4.78, 5) is 11.6. The molecule has 0 fully saturated rings. The number of nitrogens with zero attached hydrogens (tertiary/aromatic N) is 2. The first-order valence-electron chi connectivity index (χ1n) is 8.78. The van der Waals surface area contributed by atoms with Crippen LogP contribution in [0.15, 0.2) is 24.3 Å². The van der Waals surface area contributed by atoms with Gasteiger partial charge in [0, 0.05) is 36.5 Å². The number of carbonyl (C=O) groups excluding carboxylic acids is 1. The Labute approximate surface area is 149 Å². The zero-order chi connectivity index (χ0) is 18.2. The first kappa shape index (κ1) is 19.1. The molecule has 1 heterocycles. The Morgan fingerprint density at radius 1 is 1.20 bits per heavy atom. The molecule has 0 aliphatic rings. The fourth-order valence-corrected chi connectivity index (χ4v) is 2.79. The normalized spacial score (nSPS) is 10.9. The highest BCUT2D eigenvalue weighted by Crippen LogP contribution is 2.14. The molecule has 2 aromatic rings. The molecule has 0 unspecified atom stereocenters. The van der Waals surface area contributed by atoms with E-state index in [2.05, 4.69) is 15.7 Å². The molecule has 3 N–H and O–H groups in total. The number of aromatic nitrogens is 2.